The van der Waals surface area contributed by atoms with Gasteiger partial charge in [0.1, 0.15) is 5.82 Å². The van der Waals surface area contributed by atoms with E-state index in [2.05, 4.69) is 21.9 Å². The van der Waals surface area contributed by atoms with Crippen molar-refractivity contribution in [1.29, 1.82) is 0 Å². The number of aryl methyl sites for hydroxylation is 1. The summed E-state index contributed by atoms with van der Waals surface area (Å²) in [5.74, 6) is 2.30. The molecule has 1 fully saturated rings. The Morgan fingerprint density at radius 3 is 2.82 bits per heavy atom. The Morgan fingerprint density at radius 2 is 2.09 bits per heavy atom. The van der Waals surface area contributed by atoms with E-state index in [0.717, 1.165) is 49.1 Å². The lowest BCUT2D eigenvalue weighted by molar-refractivity contribution is 0.0576. The summed E-state index contributed by atoms with van der Waals surface area (Å²) in [5, 5.41) is 0. The smallest absolute Gasteiger partial charge is 0.161 e. The molecule has 1 aliphatic rings. The molecule has 1 saturated heterocycles. The van der Waals surface area contributed by atoms with Crippen LogP contribution in [0.4, 0.5) is 5.82 Å². The zero-order valence-electron chi connectivity index (χ0n) is 13.2. The lowest BCUT2D eigenvalue weighted by Gasteiger charge is -2.28. The predicted octanol–water partition coefficient (Wildman–Crippen LogP) is 2.71. The van der Waals surface area contributed by atoms with Crippen molar-refractivity contribution < 1.29 is 4.74 Å². The van der Waals surface area contributed by atoms with Gasteiger partial charge in [0.2, 0.25) is 0 Å². The third-order valence-electron chi connectivity index (χ3n) is 3.96. The van der Waals surface area contributed by atoms with Gasteiger partial charge in [-0.3, -0.25) is 4.98 Å². The highest BCUT2D eigenvalue weighted by Crippen LogP contribution is 2.21. The fourth-order valence-corrected chi connectivity index (χ4v) is 2.81. The summed E-state index contributed by atoms with van der Waals surface area (Å²) >= 11 is 0. The molecule has 0 aliphatic carbocycles. The number of ether oxygens (including phenoxy) is 1. The average molecular weight is 298 g/mol. The fraction of sp³-hybridized carbons (Fsp3) is 0.471. The van der Waals surface area contributed by atoms with Gasteiger partial charge in [-0.05, 0) is 37.8 Å². The van der Waals surface area contributed by atoms with Crippen molar-refractivity contribution in [2.45, 2.75) is 19.8 Å². The number of aromatic nitrogens is 3. The van der Waals surface area contributed by atoms with Crippen LogP contribution in [0.25, 0.3) is 11.4 Å². The van der Waals surface area contributed by atoms with Gasteiger partial charge in [-0.25, -0.2) is 9.97 Å². The van der Waals surface area contributed by atoms with Crippen LogP contribution in [-0.4, -0.2) is 41.8 Å². The minimum atomic E-state index is 0.582. The Morgan fingerprint density at radius 1 is 1.27 bits per heavy atom. The van der Waals surface area contributed by atoms with E-state index < -0.39 is 0 Å². The average Bonchev–Trinajstić information content (AvgIpc) is 2.56. The Bertz CT molecular complexity index is 611. The van der Waals surface area contributed by atoms with Crippen LogP contribution in [0, 0.1) is 12.8 Å². The molecular formula is C17H22N4O. The molecule has 2 aromatic rings. The predicted molar refractivity (Wildman–Crippen MR) is 86.8 cm³/mol. The Kier molecular flexibility index (Phi) is 4.63. The molecule has 0 amide bonds. The van der Waals surface area contributed by atoms with Crippen molar-refractivity contribution in [1.82, 2.24) is 15.0 Å². The van der Waals surface area contributed by atoms with Crippen LogP contribution in [0.15, 0.2) is 30.6 Å². The highest BCUT2D eigenvalue weighted by molar-refractivity contribution is 5.57. The molecule has 1 atom stereocenters. The van der Waals surface area contributed by atoms with E-state index in [4.69, 9.17) is 9.72 Å². The molecule has 5 heteroatoms. The lowest BCUT2D eigenvalue weighted by Crippen LogP contribution is -2.31. The molecule has 0 bridgehead atoms. The molecule has 3 heterocycles. The van der Waals surface area contributed by atoms with Crippen molar-refractivity contribution in [2.24, 2.45) is 5.92 Å². The maximum absolute atomic E-state index is 5.57. The van der Waals surface area contributed by atoms with Crippen molar-refractivity contribution in [3.63, 3.8) is 0 Å². The second-order valence-electron chi connectivity index (χ2n) is 5.89. The molecule has 0 aromatic carbocycles. The number of anilines is 1. The standard InChI is InChI=1S/C17H22N4O/c1-13-10-16(21(2)11-14-4-3-9-22-12-14)20-17(19-13)15-5-7-18-8-6-15/h5-8,10,14H,3-4,9,11-12H2,1-2H3. The van der Waals surface area contributed by atoms with Gasteiger partial charge in [0.15, 0.2) is 5.82 Å². The maximum atomic E-state index is 5.57. The topological polar surface area (TPSA) is 51.1 Å². The molecule has 0 spiro atoms. The Balaban J connectivity index is 1.79. The second-order valence-corrected chi connectivity index (χ2v) is 5.89. The van der Waals surface area contributed by atoms with Crippen LogP contribution in [0.1, 0.15) is 18.5 Å². The Labute approximate surface area is 131 Å². The van der Waals surface area contributed by atoms with Crippen LogP contribution in [-0.2, 0) is 4.74 Å². The van der Waals surface area contributed by atoms with Crippen LogP contribution >= 0.6 is 0 Å². The van der Waals surface area contributed by atoms with Gasteiger partial charge in [0, 0.05) is 49.9 Å². The van der Waals surface area contributed by atoms with E-state index in [1.54, 1.807) is 12.4 Å². The van der Waals surface area contributed by atoms with Gasteiger partial charge in [-0.2, -0.15) is 0 Å². The Hall–Kier alpha value is -2.01. The summed E-state index contributed by atoms with van der Waals surface area (Å²) in [4.78, 5) is 15.5. The third-order valence-corrected chi connectivity index (χ3v) is 3.96. The van der Waals surface area contributed by atoms with E-state index in [9.17, 15) is 0 Å². The van der Waals surface area contributed by atoms with Crippen LogP contribution < -0.4 is 4.90 Å². The first kappa shape index (κ1) is 14.9. The molecule has 1 unspecified atom stereocenters. The van der Waals surface area contributed by atoms with E-state index in [-0.39, 0.29) is 0 Å². The normalized spacial score (nSPS) is 18.2. The van der Waals surface area contributed by atoms with Crippen molar-refractivity contribution in [3.05, 3.63) is 36.3 Å². The van der Waals surface area contributed by atoms with Crippen molar-refractivity contribution in [2.75, 3.05) is 31.7 Å². The number of hydrogen-bond acceptors (Lipinski definition) is 5. The van der Waals surface area contributed by atoms with E-state index >= 15 is 0 Å². The number of rotatable bonds is 4. The molecule has 22 heavy (non-hydrogen) atoms. The van der Waals surface area contributed by atoms with Crippen LogP contribution in [0.2, 0.25) is 0 Å². The minimum Gasteiger partial charge on any atom is -0.381 e. The molecule has 0 N–H and O–H groups in total. The first-order chi connectivity index (χ1) is 10.7. The van der Waals surface area contributed by atoms with E-state index in [1.165, 1.54) is 6.42 Å². The SMILES string of the molecule is Cc1cc(N(C)CC2CCCOC2)nc(-c2ccncc2)n1. The molecular weight excluding hydrogens is 276 g/mol. The summed E-state index contributed by atoms with van der Waals surface area (Å²) in [7, 11) is 2.09. The molecule has 3 rings (SSSR count). The van der Waals surface area contributed by atoms with Gasteiger partial charge < -0.3 is 9.64 Å². The second kappa shape index (κ2) is 6.83. The molecule has 5 nitrogen and oxygen atoms in total. The van der Waals surface area contributed by atoms with Gasteiger partial charge in [-0.1, -0.05) is 0 Å². The molecule has 0 radical (unpaired) electrons. The largest absolute Gasteiger partial charge is 0.381 e. The first-order valence-corrected chi connectivity index (χ1v) is 7.77. The number of nitrogens with zero attached hydrogens (tertiary/aromatic N) is 4. The molecule has 0 saturated carbocycles. The lowest BCUT2D eigenvalue weighted by atomic mass is 10.0. The highest BCUT2D eigenvalue weighted by atomic mass is 16.5. The minimum absolute atomic E-state index is 0.582. The van der Waals surface area contributed by atoms with Gasteiger partial charge >= 0.3 is 0 Å². The fourth-order valence-electron chi connectivity index (χ4n) is 2.81. The molecule has 116 valence electrons. The van der Waals surface area contributed by atoms with Gasteiger partial charge in [-0.15, -0.1) is 0 Å². The number of pyridine rings is 1. The van der Waals surface area contributed by atoms with Crippen molar-refractivity contribution in [3.8, 4) is 11.4 Å². The van der Waals surface area contributed by atoms with Gasteiger partial charge in [0.25, 0.3) is 0 Å². The summed E-state index contributed by atoms with van der Waals surface area (Å²) in [6, 6.07) is 5.91. The summed E-state index contributed by atoms with van der Waals surface area (Å²) in [5.41, 5.74) is 1.97. The maximum Gasteiger partial charge on any atom is 0.161 e. The summed E-state index contributed by atoms with van der Waals surface area (Å²) in [6.45, 7) is 4.73. The summed E-state index contributed by atoms with van der Waals surface area (Å²) < 4.78 is 5.57. The quantitative estimate of drug-likeness (QED) is 0.868. The first-order valence-electron chi connectivity index (χ1n) is 7.77. The van der Waals surface area contributed by atoms with Crippen molar-refractivity contribution >= 4 is 5.82 Å². The van der Waals surface area contributed by atoms with Crippen LogP contribution in [0.3, 0.4) is 0 Å². The van der Waals surface area contributed by atoms with E-state index in [0.29, 0.717) is 5.92 Å². The highest BCUT2D eigenvalue weighted by Gasteiger charge is 2.17. The van der Waals surface area contributed by atoms with Crippen LogP contribution in [0.5, 0.6) is 0 Å². The third kappa shape index (κ3) is 3.60. The number of hydrogen-bond donors (Lipinski definition) is 0. The molecule has 1 aliphatic heterocycles. The summed E-state index contributed by atoms with van der Waals surface area (Å²) in [6.07, 6.45) is 5.92. The van der Waals surface area contributed by atoms with Gasteiger partial charge in [0.05, 0.1) is 6.61 Å². The zero-order valence-corrected chi connectivity index (χ0v) is 13.2. The zero-order chi connectivity index (χ0) is 15.4. The monoisotopic (exact) mass is 298 g/mol. The molecule has 2 aromatic heterocycles. The van der Waals surface area contributed by atoms with E-state index in [1.807, 2.05) is 25.1 Å².